The number of halogens is 2. The van der Waals surface area contributed by atoms with Gasteiger partial charge in [-0.25, -0.2) is 8.78 Å². The van der Waals surface area contributed by atoms with Crippen LogP contribution in [-0.4, -0.2) is 19.9 Å². The van der Waals surface area contributed by atoms with Crippen molar-refractivity contribution in [1.29, 1.82) is 0 Å². The maximum Gasteiger partial charge on any atom is 0.159 e. The van der Waals surface area contributed by atoms with Crippen LogP contribution in [0.15, 0.2) is 18.2 Å². The van der Waals surface area contributed by atoms with Gasteiger partial charge in [-0.3, -0.25) is 0 Å². The summed E-state index contributed by atoms with van der Waals surface area (Å²) < 4.78 is 27.9. The Morgan fingerprint density at radius 3 is 2.45 bits per heavy atom. The number of nitrogens with zero attached hydrogens (tertiary/aromatic N) is 3. The molecule has 0 radical (unpaired) electrons. The first-order valence-corrected chi connectivity index (χ1v) is 6.47. The molecule has 0 atom stereocenters. The maximum atomic E-state index is 13.2. The molecule has 20 heavy (non-hydrogen) atoms. The first kappa shape index (κ1) is 14.6. The van der Waals surface area contributed by atoms with E-state index in [9.17, 15) is 13.9 Å². The molecule has 6 heteroatoms. The lowest BCUT2D eigenvalue weighted by Gasteiger charge is -2.12. The zero-order valence-electron chi connectivity index (χ0n) is 11.5. The second kappa shape index (κ2) is 6.09. The Kier molecular flexibility index (Phi) is 4.44. The Bertz CT molecular complexity index is 596. The van der Waals surface area contributed by atoms with E-state index in [1.807, 2.05) is 18.4 Å². The van der Waals surface area contributed by atoms with Crippen molar-refractivity contribution < 1.29 is 13.9 Å². The molecule has 0 saturated carbocycles. The number of rotatable bonds is 5. The summed E-state index contributed by atoms with van der Waals surface area (Å²) in [4.78, 5) is 0. The summed E-state index contributed by atoms with van der Waals surface area (Å²) >= 11 is 0. The van der Waals surface area contributed by atoms with Crippen molar-refractivity contribution in [1.82, 2.24) is 14.8 Å². The van der Waals surface area contributed by atoms with Gasteiger partial charge in [-0.05, 0) is 23.6 Å². The summed E-state index contributed by atoms with van der Waals surface area (Å²) in [5.74, 6) is -0.265. The average molecular weight is 281 g/mol. The van der Waals surface area contributed by atoms with Gasteiger partial charge >= 0.3 is 0 Å². The SMILES string of the molecule is CC(C)Cn1c(CO)nnc1Cc1ccc(F)c(F)c1. The summed E-state index contributed by atoms with van der Waals surface area (Å²) in [6.45, 7) is 4.56. The molecule has 108 valence electrons. The smallest absolute Gasteiger partial charge is 0.159 e. The lowest BCUT2D eigenvalue weighted by molar-refractivity contribution is 0.261. The molecule has 0 saturated heterocycles. The van der Waals surface area contributed by atoms with Crippen LogP contribution in [0.5, 0.6) is 0 Å². The van der Waals surface area contributed by atoms with Crippen LogP contribution < -0.4 is 0 Å². The molecular formula is C14H17F2N3O. The lowest BCUT2D eigenvalue weighted by Crippen LogP contribution is -2.12. The molecule has 1 heterocycles. The number of hydrogen-bond acceptors (Lipinski definition) is 3. The predicted molar refractivity (Wildman–Crippen MR) is 69.9 cm³/mol. The molecule has 0 aliphatic rings. The Morgan fingerprint density at radius 1 is 1.15 bits per heavy atom. The van der Waals surface area contributed by atoms with Gasteiger partial charge in [0.1, 0.15) is 12.4 Å². The van der Waals surface area contributed by atoms with E-state index in [1.165, 1.54) is 6.07 Å². The third-order valence-electron chi connectivity index (χ3n) is 2.94. The van der Waals surface area contributed by atoms with Crippen molar-refractivity contribution in [2.24, 2.45) is 5.92 Å². The summed E-state index contributed by atoms with van der Waals surface area (Å²) in [5.41, 5.74) is 0.616. The van der Waals surface area contributed by atoms with Crippen LogP contribution in [0.2, 0.25) is 0 Å². The van der Waals surface area contributed by atoms with Crippen molar-refractivity contribution in [2.75, 3.05) is 0 Å². The van der Waals surface area contributed by atoms with Crippen LogP contribution >= 0.6 is 0 Å². The van der Waals surface area contributed by atoms with Gasteiger partial charge in [0.05, 0.1) is 0 Å². The van der Waals surface area contributed by atoms with Gasteiger partial charge in [-0.1, -0.05) is 19.9 Å². The first-order valence-electron chi connectivity index (χ1n) is 6.47. The van der Waals surface area contributed by atoms with E-state index in [0.717, 1.165) is 12.1 Å². The summed E-state index contributed by atoms with van der Waals surface area (Å²) in [5, 5.41) is 17.2. The molecule has 1 aromatic carbocycles. The van der Waals surface area contributed by atoms with Crippen LogP contribution in [-0.2, 0) is 19.6 Å². The first-order chi connectivity index (χ1) is 9.51. The van der Waals surface area contributed by atoms with Gasteiger partial charge in [0.2, 0.25) is 0 Å². The molecule has 0 aliphatic heterocycles. The van der Waals surface area contributed by atoms with E-state index in [1.54, 1.807) is 0 Å². The summed E-state index contributed by atoms with van der Waals surface area (Å²) in [6.07, 6.45) is 0.344. The average Bonchev–Trinajstić information content (AvgIpc) is 2.76. The number of aliphatic hydroxyl groups excluding tert-OH is 1. The largest absolute Gasteiger partial charge is 0.388 e. The minimum absolute atomic E-state index is 0.197. The number of aromatic nitrogens is 3. The zero-order valence-corrected chi connectivity index (χ0v) is 11.5. The Morgan fingerprint density at radius 2 is 1.85 bits per heavy atom. The molecule has 1 aromatic heterocycles. The molecule has 0 fully saturated rings. The molecule has 0 aliphatic carbocycles. The third kappa shape index (κ3) is 3.19. The zero-order chi connectivity index (χ0) is 14.7. The van der Waals surface area contributed by atoms with E-state index >= 15 is 0 Å². The van der Waals surface area contributed by atoms with Gasteiger partial charge < -0.3 is 9.67 Å². The monoisotopic (exact) mass is 281 g/mol. The predicted octanol–water partition coefficient (Wildman–Crippen LogP) is 2.30. The normalized spacial score (nSPS) is 11.3. The summed E-state index contributed by atoms with van der Waals surface area (Å²) in [6, 6.07) is 3.77. The molecule has 0 spiro atoms. The van der Waals surface area contributed by atoms with Gasteiger partial charge in [0, 0.05) is 13.0 Å². The quantitative estimate of drug-likeness (QED) is 0.915. The van der Waals surface area contributed by atoms with E-state index < -0.39 is 11.6 Å². The molecule has 2 aromatic rings. The number of hydrogen-bond donors (Lipinski definition) is 1. The fourth-order valence-corrected chi connectivity index (χ4v) is 2.03. The lowest BCUT2D eigenvalue weighted by atomic mass is 10.1. The van der Waals surface area contributed by atoms with Crippen molar-refractivity contribution in [2.45, 2.75) is 33.4 Å². The van der Waals surface area contributed by atoms with Gasteiger partial charge in [-0.2, -0.15) is 0 Å². The van der Waals surface area contributed by atoms with E-state index in [-0.39, 0.29) is 6.61 Å². The van der Waals surface area contributed by atoms with E-state index in [2.05, 4.69) is 10.2 Å². The van der Waals surface area contributed by atoms with Crippen LogP contribution in [0.1, 0.15) is 31.1 Å². The van der Waals surface area contributed by atoms with Crippen molar-refractivity contribution in [3.63, 3.8) is 0 Å². The highest BCUT2D eigenvalue weighted by Gasteiger charge is 2.14. The van der Waals surface area contributed by atoms with Crippen molar-refractivity contribution in [3.8, 4) is 0 Å². The molecular weight excluding hydrogens is 264 g/mol. The standard InChI is InChI=1S/C14H17F2N3O/c1-9(2)7-19-13(17-18-14(19)8-20)6-10-3-4-11(15)12(16)5-10/h3-5,9,20H,6-8H2,1-2H3. The fraction of sp³-hybridized carbons (Fsp3) is 0.429. The van der Waals surface area contributed by atoms with Crippen molar-refractivity contribution >= 4 is 0 Å². The fourth-order valence-electron chi connectivity index (χ4n) is 2.03. The second-order valence-electron chi connectivity index (χ2n) is 5.12. The molecule has 4 nitrogen and oxygen atoms in total. The van der Waals surface area contributed by atoms with Gasteiger partial charge in [0.25, 0.3) is 0 Å². The maximum absolute atomic E-state index is 13.2. The Balaban J connectivity index is 2.28. The molecule has 2 rings (SSSR count). The minimum Gasteiger partial charge on any atom is -0.388 e. The van der Waals surface area contributed by atoms with Gasteiger partial charge in [-0.15, -0.1) is 10.2 Å². The molecule has 0 amide bonds. The molecule has 1 N–H and O–H groups in total. The number of aliphatic hydroxyl groups is 1. The minimum atomic E-state index is -0.875. The molecule has 0 bridgehead atoms. The molecule has 0 unspecified atom stereocenters. The summed E-state index contributed by atoms with van der Waals surface area (Å²) in [7, 11) is 0. The van der Waals surface area contributed by atoms with E-state index in [0.29, 0.717) is 36.1 Å². The van der Waals surface area contributed by atoms with Gasteiger partial charge in [0.15, 0.2) is 17.5 Å². The van der Waals surface area contributed by atoms with Crippen molar-refractivity contribution in [3.05, 3.63) is 47.0 Å². The topological polar surface area (TPSA) is 50.9 Å². The highest BCUT2D eigenvalue weighted by Crippen LogP contribution is 2.14. The third-order valence-corrected chi connectivity index (χ3v) is 2.94. The highest BCUT2D eigenvalue weighted by molar-refractivity contribution is 5.21. The van der Waals surface area contributed by atoms with Crippen LogP contribution in [0.25, 0.3) is 0 Å². The van der Waals surface area contributed by atoms with Crippen LogP contribution in [0.4, 0.5) is 8.78 Å². The van der Waals surface area contributed by atoms with Crippen LogP contribution in [0.3, 0.4) is 0 Å². The Hall–Kier alpha value is -1.82. The second-order valence-corrected chi connectivity index (χ2v) is 5.12. The number of benzene rings is 1. The van der Waals surface area contributed by atoms with Crippen LogP contribution in [0, 0.1) is 17.6 Å². The highest BCUT2D eigenvalue weighted by atomic mass is 19.2. The van der Waals surface area contributed by atoms with E-state index in [4.69, 9.17) is 0 Å². The Labute approximate surface area is 116 Å².